The van der Waals surface area contributed by atoms with E-state index in [4.69, 9.17) is 11.0 Å². The van der Waals surface area contributed by atoms with Gasteiger partial charge in [0.25, 0.3) is 11.8 Å². The first-order valence-corrected chi connectivity index (χ1v) is 10.6. The maximum absolute atomic E-state index is 13.2. The maximum Gasteiger partial charge on any atom is 0.254 e. The van der Waals surface area contributed by atoms with Gasteiger partial charge in [-0.15, -0.1) is 0 Å². The Hall–Kier alpha value is -3.66. The van der Waals surface area contributed by atoms with Gasteiger partial charge in [-0.25, -0.2) is 0 Å². The molecule has 156 valence electrons. The number of nitriles is 1. The SMILES string of the molecule is N#Cc1cccc(C(=O)N2[C@@H]3CC[C@H]2CC(Nc2c(C(N)=O)cnc4c2C=CC4)C3)c1. The van der Waals surface area contributed by atoms with Crippen LogP contribution in [0.4, 0.5) is 5.69 Å². The minimum atomic E-state index is -0.494. The van der Waals surface area contributed by atoms with Crippen LogP contribution in [0.15, 0.2) is 36.5 Å². The summed E-state index contributed by atoms with van der Waals surface area (Å²) in [6.45, 7) is 0. The Bertz CT molecular complexity index is 1140. The normalized spacial score (nSPS) is 23.3. The van der Waals surface area contributed by atoms with Crippen molar-refractivity contribution in [2.24, 2.45) is 5.73 Å². The van der Waals surface area contributed by atoms with E-state index in [2.05, 4.69) is 16.4 Å². The highest BCUT2D eigenvalue weighted by Gasteiger charge is 2.43. The summed E-state index contributed by atoms with van der Waals surface area (Å²) in [7, 11) is 0. The number of benzene rings is 1. The Morgan fingerprint density at radius 1 is 1.23 bits per heavy atom. The van der Waals surface area contributed by atoms with E-state index in [-0.39, 0.29) is 24.0 Å². The van der Waals surface area contributed by atoms with Gasteiger partial charge in [0, 0.05) is 41.9 Å². The smallest absolute Gasteiger partial charge is 0.254 e. The summed E-state index contributed by atoms with van der Waals surface area (Å²) >= 11 is 0. The van der Waals surface area contributed by atoms with E-state index in [1.165, 1.54) is 0 Å². The van der Waals surface area contributed by atoms with Crippen molar-refractivity contribution in [2.45, 2.75) is 50.2 Å². The topological polar surface area (TPSA) is 112 Å². The van der Waals surface area contributed by atoms with Gasteiger partial charge in [0.1, 0.15) is 0 Å². The van der Waals surface area contributed by atoms with Crippen molar-refractivity contribution in [1.82, 2.24) is 9.88 Å². The summed E-state index contributed by atoms with van der Waals surface area (Å²) in [4.78, 5) is 31.6. The van der Waals surface area contributed by atoms with Gasteiger partial charge < -0.3 is 16.0 Å². The van der Waals surface area contributed by atoms with Crippen LogP contribution in [-0.4, -0.2) is 39.8 Å². The fraction of sp³-hybridized carbons (Fsp3) is 0.333. The zero-order valence-electron chi connectivity index (χ0n) is 17.0. The number of carbonyl (C=O) groups excluding carboxylic acids is 2. The van der Waals surface area contributed by atoms with Crippen LogP contribution in [0.25, 0.3) is 6.08 Å². The highest BCUT2D eigenvalue weighted by molar-refractivity contribution is 6.00. The minimum Gasteiger partial charge on any atom is -0.381 e. The second-order valence-electron chi connectivity index (χ2n) is 8.48. The Balaban J connectivity index is 1.37. The largest absolute Gasteiger partial charge is 0.381 e. The lowest BCUT2D eigenvalue weighted by Gasteiger charge is -2.40. The number of piperidine rings is 1. The standard InChI is InChI=1S/C24H23N5O2/c25-12-14-3-1-4-15(9-14)24(31)29-17-7-8-18(29)11-16(10-17)28-22-19-5-2-6-21(19)27-13-20(22)23(26)30/h1-5,9,13,16-18H,6-8,10-11H2,(H2,26,30)(H,27,28)/t16?,17-,18+. The predicted molar refractivity (Wildman–Crippen MR) is 116 cm³/mol. The van der Waals surface area contributed by atoms with Crippen molar-refractivity contribution in [3.8, 4) is 6.07 Å². The van der Waals surface area contributed by atoms with Gasteiger partial charge in [0.15, 0.2) is 0 Å². The number of hydrogen-bond acceptors (Lipinski definition) is 5. The number of allylic oxidation sites excluding steroid dienone is 1. The molecule has 3 atom stereocenters. The van der Waals surface area contributed by atoms with Crippen molar-refractivity contribution in [3.05, 3.63) is 64.5 Å². The minimum absolute atomic E-state index is 0.00592. The molecular formula is C24H23N5O2. The Morgan fingerprint density at radius 3 is 2.71 bits per heavy atom. The van der Waals surface area contributed by atoms with Crippen LogP contribution in [0.5, 0.6) is 0 Å². The molecule has 0 radical (unpaired) electrons. The third kappa shape index (κ3) is 3.34. The van der Waals surface area contributed by atoms with Crippen LogP contribution in [-0.2, 0) is 6.42 Å². The van der Waals surface area contributed by atoms with Gasteiger partial charge in [0.2, 0.25) is 0 Å². The van der Waals surface area contributed by atoms with Gasteiger partial charge >= 0.3 is 0 Å². The molecule has 1 aromatic carbocycles. The van der Waals surface area contributed by atoms with E-state index < -0.39 is 5.91 Å². The predicted octanol–water partition coefficient (Wildman–Crippen LogP) is 2.87. The summed E-state index contributed by atoms with van der Waals surface area (Å²) in [5.41, 5.74) is 9.72. The van der Waals surface area contributed by atoms with Crippen LogP contribution in [0.1, 0.15) is 63.2 Å². The van der Waals surface area contributed by atoms with Gasteiger partial charge in [-0.2, -0.15) is 5.26 Å². The molecule has 2 bridgehead atoms. The molecular weight excluding hydrogens is 390 g/mol. The van der Waals surface area contributed by atoms with Crippen LogP contribution >= 0.6 is 0 Å². The first-order valence-electron chi connectivity index (χ1n) is 10.6. The number of fused-ring (bicyclic) bond motifs is 3. The summed E-state index contributed by atoms with van der Waals surface area (Å²) in [6, 6.07) is 9.42. The van der Waals surface area contributed by atoms with Gasteiger partial charge in [-0.1, -0.05) is 18.2 Å². The summed E-state index contributed by atoms with van der Waals surface area (Å²) in [5.74, 6) is -0.500. The average molecular weight is 413 g/mol. The second kappa shape index (κ2) is 7.55. The second-order valence-corrected chi connectivity index (χ2v) is 8.48. The molecule has 2 amide bonds. The van der Waals surface area contributed by atoms with E-state index >= 15 is 0 Å². The molecule has 7 nitrogen and oxygen atoms in total. The van der Waals surface area contributed by atoms with Crippen molar-refractivity contribution in [3.63, 3.8) is 0 Å². The van der Waals surface area contributed by atoms with Crippen molar-refractivity contribution < 1.29 is 9.59 Å². The first-order chi connectivity index (χ1) is 15.0. The molecule has 5 rings (SSSR count). The zero-order valence-corrected chi connectivity index (χ0v) is 17.0. The molecule has 2 saturated heterocycles. The number of anilines is 1. The highest BCUT2D eigenvalue weighted by atomic mass is 16.2. The molecule has 3 heterocycles. The van der Waals surface area contributed by atoms with E-state index in [0.29, 0.717) is 16.7 Å². The average Bonchev–Trinajstić information content (AvgIpc) is 3.36. The van der Waals surface area contributed by atoms with Crippen LogP contribution < -0.4 is 11.1 Å². The van der Waals surface area contributed by atoms with E-state index in [1.54, 1.807) is 30.5 Å². The number of hydrogen-bond donors (Lipinski definition) is 2. The van der Waals surface area contributed by atoms with E-state index in [1.807, 2.05) is 17.1 Å². The fourth-order valence-electron chi connectivity index (χ4n) is 5.24. The molecule has 0 saturated carbocycles. The van der Waals surface area contributed by atoms with Gasteiger partial charge in [-0.3, -0.25) is 14.6 Å². The number of nitrogens with zero attached hydrogens (tertiary/aromatic N) is 3. The lowest BCUT2D eigenvalue weighted by atomic mass is 9.95. The Labute approximate surface area is 180 Å². The number of carbonyl (C=O) groups is 2. The summed E-state index contributed by atoms with van der Waals surface area (Å²) in [5, 5.41) is 12.7. The number of amides is 2. The van der Waals surface area contributed by atoms with Gasteiger partial charge in [0.05, 0.1) is 28.6 Å². The number of nitrogens with one attached hydrogen (secondary N) is 1. The number of rotatable bonds is 4. The fourth-order valence-corrected chi connectivity index (χ4v) is 5.24. The maximum atomic E-state index is 13.2. The molecule has 2 aromatic rings. The molecule has 1 aliphatic carbocycles. The molecule has 0 spiro atoms. The lowest BCUT2D eigenvalue weighted by molar-refractivity contribution is 0.0583. The molecule has 2 fully saturated rings. The van der Waals surface area contributed by atoms with E-state index in [9.17, 15) is 9.59 Å². The Morgan fingerprint density at radius 2 is 2.00 bits per heavy atom. The van der Waals surface area contributed by atoms with Crippen LogP contribution in [0.3, 0.4) is 0 Å². The Kier molecular flexibility index (Phi) is 4.70. The quantitative estimate of drug-likeness (QED) is 0.800. The number of pyridine rings is 1. The molecule has 1 aromatic heterocycles. The molecule has 3 aliphatic rings. The van der Waals surface area contributed by atoms with E-state index in [0.717, 1.165) is 49.0 Å². The van der Waals surface area contributed by atoms with Gasteiger partial charge in [-0.05, 0) is 43.9 Å². The summed E-state index contributed by atoms with van der Waals surface area (Å²) in [6.07, 6.45) is 9.88. The lowest BCUT2D eigenvalue weighted by Crippen LogP contribution is -2.49. The first kappa shape index (κ1) is 19.3. The van der Waals surface area contributed by atoms with Crippen molar-refractivity contribution >= 4 is 23.6 Å². The molecule has 31 heavy (non-hydrogen) atoms. The number of aromatic nitrogens is 1. The third-order valence-electron chi connectivity index (χ3n) is 6.61. The zero-order chi connectivity index (χ0) is 21.5. The van der Waals surface area contributed by atoms with Crippen LogP contribution in [0, 0.1) is 11.3 Å². The number of primary amides is 1. The molecule has 7 heteroatoms. The van der Waals surface area contributed by atoms with Crippen molar-refractivity contribution in [1.29, 1.82) is 5.26 Å². The van der Waals surface area contributed by atoms with Crippen LogP contribution in [0.2, 0.25) is 0 Å². The molecule has 1 unspecified atom stereocenters. The summed E-state index contributed by atoms with van der Waals surface area (Å²) < 4.78 is 0. The number of nitrogens with two attached hydrogens (primary N) is 1. The monoisotopic (exact) mass is 413 g/mol. The molecule has 3 N–H and O–H groups in total. The third-order valence-corrected chi connectivity index (χ3v) is 6.61. The molecule has 2 aliphatic heterocycles. The highest BCUT2D eigenvalue weighted by Crippen LogP contribution is 2.39. The van der Waals surface area contributed by atoms with Crippen molar-refractivity contribution in [2.75, 3.05) is 5.32 Å².